The first-order valence-electron chi connectivity index (χ1n) is 6.42. The third kappa shape index (κ3) is 3.78. The summed E-state index contributed by atoms with van der Waals surface area (Å²) in [5, 5.41) is 2.96. The number of benzene rings is 1. The lowest BCUT2D eigenvalue weighted by atomic mass is 10.1. The molecule has 1 atom stereocenters. The maximum atomic E-state index is 13.0. The zero-order valence-electron chi connectivity index (χ0n) is 11.1. The molecule has 2 rings (SSSR count). The molecule has 1 aromatic rings. The first kappa shape index (κ1) is 14.0. The predicted octanol–water partition coefficient (Wildman–Crippen LogP) is 4.31. The summed E-state index contributed by atoms with van der Waals surface area (Å²) in [5.74, 6) is 0.891. The molecule has 1 aromatic carbocycles. The number of rotatable bonds is 5. The Labute approximate surface area is 111 Å². The van der Waals surface area contributed by atoms with Crippen molar-refractivity contribution in [1.29, 1.82) is 0 Å². The van der Waals surface area contributed by atoms with Crippen LogP contribution in [0.4, 0.5) is 18.9 Å². The normalized spacial score (nSPS) is 17.1. The largest absolute Gasteiger partial charge is 0.497 e. The van der Waals surface area contributed by atoms with Crippen LogP contribution in [-0.4, -0.2) is 13.2 Å². The van der Waals surface area contributed by atoms with Crippen molar-refractivity contribution in [2.24, 2.45) is 5.92 Å². The molecule has 0 amide bonds. The number of ether oxygens (including phenoxy) is 1. The SMILES string of the molecule is COc1ccc(NC(C)CC2CC2)c(C(F)(F)F)c1. The van der Waals surface area contributed by atoms with Crippen LogP contribution in [0.5, 0.6) is 5.75 Å². The van der Waals surface area contributed by atoms with Crippen molar-refractivity contribution in [3.05, 3.63) is 23.8 Å². The van der Waals surface area contributed by atoms with Crippen molar-refractivity contribution in [2.45, 2.75) is 38.4 Å². The van der Waals surface area contributed by atoms with Crippen LogP contribution in [0.1, 0.15) is 31.7 Å². The summed E-state index contributed by atoms with van der Waals surface area (Å²) in [4.78, 5) is 0. The quantitative estimate of drug-likeness (QED) is 0.863. The van der Waals surface area contributed by atoms with E-state index in [-0.39, 0.29) is 17.5 Å². The highest BCUT2D eigenvalue weighted by Gasteiger charge is 2.34. The second-order valence-electron chi connectivity index (χ2n) is 5.13. The highest BCUT2D eigenvalue weighted by molar-refractivity contribution is 5.56. The minimum atomic E-state index is -4.38. The molecule has 1 fully saturated rings. The van der Waals surface area contributed by atoms with Gasteiger partial charge < -0.3 is 10.1 Å². The molecule has 2 nitrogen and oxygen atoms in total. The smallest absolute Gasteiger partial charge is 0.418 e. The maximum Gasteiger partial charge on any atom is 0.418 e. The van der Waals surface area contributed by atoms with E-state index < -0.39 is 11.7 Å². The van der Waals surface area contributed by atoms with Gasteiger partial charge in [0.25, 0.3) is 0 Å². The third-order valence-corrected chi connectivity index (χ3v) is 3.32. The summed E-state index contributed by atoms with van der Waals surface area (Å²) in [6.07, 6.45) is -1.07. The fourth-order valence-electron chi connectivity index (χ4n) is 2.19. The lowest BCUT2D eigenvalue weighted by Gasteiger charge is -2.20. The molecule has 1 unspecified atom stereocenters. The van der Waals surface area contributed by atoms with Gasteiger partial charge in [-0.1, -0.05) is 12.8 Å². The van der Waals surface area contributed by atoms with Gasteiger partial charge in [-0.15, -0.1) is 0 Å². The molecule has 1 N–H and O–H groups in total. The van der Waals surface area contributed by atoms with Gasteiger partial charge >= 0.3 is 6.18 Å². The lowest BCUT2D eigenvalue weighted by molar-refractivity contribution is -0.137. The van der Waals surface area contributed by atoms with E-state index >= 15 is 0 Å². The number of anilines is 1. The van der Waals surface area contributed by atoms with Gasteiger partial charge in [-0.05, 0) is 37.5 Å². The maximum absolute atomic E-state index is 13.0. The lowest BCUT2D eigenvalue weighted by Crippen LogP contribution is -2.19. The van der Waals surface area contributed by atoms with Crippen molar-refractivity contribution in [3.8, 4) is 5.75 Å². The van der Waals surface area contributed by atoms with E-state index in [0.29, 0.717) is 5.92 Å². The van der Waals surface area contributed by atoms with Crippen LogP contribution in [0.2, 0.25) is 0 Å². The van der Waals surface area contributed by atoms with Crippen molar-refractivity contribution >= 4 is 5.69 Å². The molecular formula is C14H18F3NO. The Morgan fingerprint density at radius 3 is 2.58 bits per heavy atom. The van der Waals surface area contributed by atoms with Gasteiger partial charge in [0.15, 0.2) is 0 Å². The Morgan fingerprint density at radius 2 is 2.05 bits per heavy atom. The first-order chi connectivity index (χ1) is 8.90. The van der Waals surface area contributed by atoms with E-state index in [9.17, 15) is 13.2 Å². The zero-order chi connectivity index (χ0) is 14.0. The van der Waals surface area contributed by atoms with Gasteiger partial charge in [-0.2, -0.15) is 13.2 Å². The molecule has 1 aliphatic carbocycles. The average molecular weight is 273 g/mol. The molecule has 0 aliphatic heterocycles. The topological polar surface area (TPSA) is 21.3 Å². The second kappa shape index (κ2) is 5.31. The Morgan fingerprint density at radius 1 is 1.37 bits per heavy atom. The Balaban J connectivity index is 2.17. The van der Waals surface area contributed by atoms with Gasteiger partial charge in [0.1, 0.15) is 5.75 Å². The predicted molar refractivity (Wildman–Crippen MR) is 68.4 cm³/mol. The minimum Gasteiger partial charge on any atom is -0.497 e. The van der Waals surface area contributed by atoms with Crippen molar-refractivity contribution < 1.29 is 17.9 Å². The Bertz CT molecular complexity index is 441. The number of hydrogen-bond acceptors (Lipinski definition) is 2. The number of alkyl halides is 3. The number of methoxy groups -OCH3 is 1. The number of halogens is 3. The van der Waals surface area contributed by atoms with Crippen LogP contribution in [-0.2, 0) is 6.18 Å². The fraction of sp³-hybridized carbons (Fsp3) is 0.571. The summed E-state index contributed by atoms with van der Waals surface area (Å²) in [6, 6.07) is 4.06. The molecule has 0 heterocycles. The summed E-state index contributed by atoms with van der Waals surface area (Å²) < 4.78 is 43.8. The van der Waals surface area contributed by atoms with E-state index in [1.165, 1.54) is 26.0 Å². The van der Waals surface area contributed by atoms with Gasteiger partial charge in [-0.3, -0.25) is 0 Å². The first-order valence-corrected chi connectivity index (χ1v) is 6.42. The van der Waals surface area contributed by atoms with Crippen molar-refractivity contribution in [2.75, 3.05) is 12.4 Å². The highest BCUT2D eigenvalue weighted by Crippen LogP contribution is 2.38. The molecule has 0 bridgehead atoms. The molecular weight excluding hydrogens is 255 g/mol. The van der Waals surface area contributed by atoms with Crippen LogP contribution < -0.4 is 10.1 Å². The average Bonchev–Trinajstić information content (AvgIpc) is 3.12. The van der Waals surface area contributed by atoms with Crippen LogP contribution >= 0.6 is 0 Å². The molecule has 0 saturated heterocycles. The van der Waals surface area contributed by atoms with E-state index in [1.807, 2.05) is 6.92 Å². The second-order valence-corrected chi connectivity index (χ2v) is 5.13. The summed E-state index contributed by atoms with van der Waals surface area (Å²) in [7, 11) is 1.36. The van der Waals surface area contributed by atoms with E-state index in [4.69, 9.17) is 4.74 Å². The van der Waals surface area contributed by atoms with Crippen LogP contribution in [0, 0.1) is 5.92 Å². The molecule has 0 spiro atoms. The number of nitrogens with one attached hydrogen (secondary N) is 1. The van der Waals surface area contributed by atoms with Gasteiger partial charge in [0, 0.05) is 11.7 Å². The van der Waals surface area contributed by atoms with Gasteiger partial charge in [-0.25, -0.2) is 0 Å². The minimum absolute atomic E-state index is 0.0435. The Kier molecular flexibility index (Phi) is 3.92. The molecule has 0 aromatic heterocycles. The van der Waals surface area contributed by atoms with Gasteiger partial charge in [0.2, 0.25) is 0 Å². The van der Waals surface area contributed by atoms with Crippen LogP contribution in [0.15, 0.2) is 18.2 Å². The van der Waals surface area contributed by atoms with Crippen molar-refractivity contribution in [1.82, 2.24) is 0 Å². The molecule has 1 saturated carbocycles. The molecule has 106 valence electrons. The highest BCUT2D eigenvalue weighted by atomic mass is 19.4. The third-order valence-electron chi connectivity index (χ3n) is 3.32. The fourth-order valence-corrected chi connectivity index (χ4v) is 2.19. The molecule has 19 heavy (non-hydrogen) atoms. The standard InChI is InChI=1S/C14H18F3NO/c1-9(7-10-3-4-10)18-13-6-5-11(19-2)8-12(13)14(15,16)17/h5-6,8-10,18H,3-4,7H2,1-2H3. The van der Waals surface area contributed by atoms with Crippen LogP contribution in [0.3, 0.4) is 0 Å². The summed E-state index contributed by atoms with van der Waals surface area (Å²) >= 11 is 0. The van der Waals surface area contributed by atoms with E-state index in [1.54, 1.807) is 6.07 Å². The Hall–Kier alpha value is -1.39. The summed E-state index contributed by atoms with van der Waals surface area (Å²) in [5.41, 5.74) is -0.545. The van der Waals surface area contributed by atoms with Crippen LogP contribution in [0.25, 0.3) is 0 Å². The monoisotopic (exact) mass is 273 g/mol. The van der Waals surface area contributed by atoms with E-state index in [0.717, 1.165) is 12.5 Å². The van der Waals surface area contributed by atoms with Gasteiger partial charge in [0.05, 0.1) is 12.7 Å². The molecule has 0 radical (unpaired) electrons. The zero-order valence-corrected chi connectivity index (χ0v) is 11.1. The number of hydrogen-bond donors (Lipinski definition) is 1. The summed E-state index contributed by atoms with van der Waals surface area (Å²) in [6.45, 7) is 1.92. The molecule has 5 heteroatoms. The van der Waals surface area contributed by atoms with E-state index in [2.05, 4.69) is 5.32 Å². The van der Waals surface area contributed by atoms with Crippen molar-refractivity contribution in [3.63, 3.8) is 0 Å². The molecule has 1 aliphatic rings.